The van der Waals surface area contributed by atoms with Crippen molar-refractivity contribution in [3.05, 3.63) is 0 Å². The molecule has 0 aromatic rings. The van der Waals surface area contributed by atoms with Crippen molar-refractivity contribution in [1.29, 1.82) is 0 Å². The number of aliphatic hydroxyl groups is 2. The van der Waals surface area contributed by atoms with E-state index in [2.05, 4.69) is 10.5 Å². The number of hydrogen-bond acceptors (Lipinski definition) is 4. The highest BCUT2D eigenvalue weighted by Gasteiger charge is 2.01. The molecule has 5 nitrogen and oxygen atoms in total. The first-order valence-electron chi connectivity index (χ1n) is 2.88. The van der Waals surface area contributed by atoms with Crippen molar-refractivity contribution in [2.24, 2.45) is 5.73 Å². The number of aliphatic hydroxyl groups excluding tert-OH is 2. The van der Waals surface area contributed by atoms with Gasteiger partial charge in [-0.3, -0.25) is 0 Å². The largest absolute Gasteiger partial charge is 0.450 e. The van der Waals surface area contributed by atoms with Crippen molar-refractivity contribution in [2.75, 3.05) is 13.2 Å². The van der Waals surface area contributed by atoms with Crippen LogP contribution in [0.1, 0.15) is 6.42 Å². The normalized spacial score (nSPS) is 12.6. The second kappa shape index (κ2) is 5.01. The van der Waals surface area contributed by atoms with Gasteiger partial charge < -0.3 is 20.7 Å². The van der Waals surface area contributed by atoms with Crippen LogP contribution in [0.15, 0.2) is 0 Å². The van der Waals surface area contributed by atoms with Gasteiger partial charge in [0, 0.05) is 6.42 Å². The van der Waals surface area contributed by atoms with Crippen molar-refractivity contribution in [3.63, 3.8) is 0 Å². The Bertz CT molecular complexity index is 106. The van der Waals surface area contributed by atoms with Crippen molar-refractivity contribution >= 4 is 6.09 Å². The molecule has 0 aliphatic carbocycles. The van der Waals surface area contributed by atoms with Gasteiger partial charge in [0.05, 0.1) is 19.3 Å². The highest BCUT2D eigenvalue weighted by molar-refractivity contribution is 5.64. The van der Waals surface area contributed by atoms with Gasteiger partial charge in [-0.25, -0.2) is 4.79 Å². The first-order chi connectivity index (χ1) is 4.66. The maximum absolute atomic E-state index is 9.92. The lowest BCUT2D eigenvalue weighted by molar-refractivity contribution is 0.0658. The standard InChI is InChI=1S/C5H11NO4/c6-5(9)10-2-1-4(8)3-7/h4,7-8H,1-3H2,(H2,6,9)/t4-/m0/s1. The molecule has 1 atom stereocenters. The number of ether oxygens (including phenoxy) is 1. The minimum Gasteiger partial charge on any atom is -0.450 e. The molecule has 1 amide bonds. The number of rotatable bonds is 4. The van der Waals surface area contributed by atoms with Crippen LogP contribution in [0.2, 0.25) is 0 Å². The predicted octanol–water partition coefficient (Wildman–Crippen LogP) is -1.18. The predicted molar refractivity (Wildman–Crippen MR) is 33.2 cm³/mol. The molecule has 0 radical (unpaired) electrons. The molecule has 0 saturated carbocycles. The maximum atomic E-state index is 9.92. The summed E-state index contributed by atoms with van der Waals surface area (Å²) in [5.41, 5.74) is 4.61. The molecule has 0 spiro atoms. The zero-order valence-corrected chi connectivity index (χ0v) is 5.49. The number of nitrogens with two attached hydrogens (primary N) is 1. The van der Waals surface area contributed by atoms with Gasteiger partial charge in [0.1, 0.15) is 0 Å². The molecule has 5 heteroatoms. The molecule has 0 aliphatic rings. The van der Waals surface area contributed by atoms with Crippen LogP contribution in [0, 0.1) is 0 Å². The minimum atomic E-state index is -0.870. The molecular formula is C5H11NO4. The summed E-state index contributed by atoms with van der Waals surface area (Å²) in [6.07, 6.45) is -1.50. The Morgan fingerprint density at radius 1 is 1.70 bits per heavy atom. The Morgan fingerprint density at radius 3 is 2.70 bits per heavy atom. The fourth-order valence-corrected chi connectivity index (χ4v) is 0.387. The van der Waals surface area contributed by atoms with Crippen molar-refractivity contribution in [3.8, 4) is 0 Å². The highest BCUT2D eigenvalue weighted by Crippen LogP contribution is 1.89. The maximum Gasteiger partial charge on any atom is 0.404 e. The molecular weight excluding hydrogens is 138 g/mol. The minimum absolute atomic E-state index is 0.0388. The quantitative estimate of drug-likeness (QED) is 0.469. The third-order valence-corrected chi connectivity index (χ3v) is 0.906. The molecule has 4 N–H and O–H groups in total. The van der Waals surface area contributed by atoms with E-state index < -0.39 is 12.2 Å². The average molecular weight is 149 g/mol. The summed E-state index contributed by atoms with van der Waals surface area (Å²) in [7, 11) is 0. The van der Waals surface area contributed by atoms with Crippen LogP contribution < -0.4 is 5.73 Å². The SMILES string of the molecule is NC(=O)OCC[C@H](O)CO. The molecule has 10 heavy (non-hydrogen) atoms. The molecule has 0 fully saturated rings. The van der Waals surface area contributed by atoms with E-state index in [0.29, 0.717) is 0 Å². The molecule has 0 aliphatic heterocycles. The monoisotopic (exact) mass is 149 g/mol. The molecule has 60 valence electrons. The van der Waals surface area contributed by atoms with Crippen LogP contribution in [-0.4, -0.2) is 35.6 Å². The van der Waals surface area contributed by atoms with Gasteiger partial charge in [-0.2, -0.15) is 0 Å². The van der Waals surface area contributed by atoms with E-state index in [4.69, 9.17) is 10.2 Å². The van der Waals surface area contributed by atoms with Crippen molar-refractivity contribution in [1.82, 2.24) is 0 Å². The Labute approximate surface area is 58.4 Å². The van der Waals surface area contributed by atoms with Crippen LogP contribution in [0.25, 0.3) is 0 Å². The highest BCUT2D eigenvalue weighted by atomic mass is 16.5. The third kappa shape index (κ3) is 5.33. The van der Waals surface area contributed by atoms with E-state index in [1.807, 2.05) is 0 Å². The summed E-state index contributed by atoms with van der Waals surface area (Å²) < 4.78 is 4.28. The van der Waals surface area contributed by atoms with Gasteiger partial charge in [-0.15, -0.1) is 0 Å². The number of primary amides is 1. The molecule has 0 aromatic heterocycles. The van der Waals surface area contributed by atoms with E-state index in [9.17, 15) is 4.79 Å². The lowest BCUT2D eigenvalue weighted by atomic mass is 10.3. The summed E-state index contributed by atoms with van der Waals surface area (Å²) in [6.45, 7) is -0.292. The van der Waals surface area contributed by atoms with E-state index in [1.165, 1.54) is 0 Å². The summed E-state index contributed by atoms with van der Waals surface area (Å²) in [5.74, 6) is 0. The van der Waals surface area contributed by atoms with Crippen LogP contribution in [-0.2, 0) is 4.74 Å². The van der Waals surface area contributed by atoms with Crippen LogP contribution >= 0.6 is 0 Å². The van der Waals surface area contributed by atoms with Crippen LogP contribution in [0.3, 0.4) is 0 Å². The van der Waals surface area contributed by atoms with Crippen molar-refractivity contribution in [2.45, 2.75) is 12.5 Å². The summed E-state index contributed by atoms with van der Waals surface area (Å²) in [5, 5.41) is 17.0. The summed E-state index contributed by atoms with van der Waals surface area (Å²) >= 11 is 0. The average Bonchev–Trinajstić information content (AvgIpc) is 1.87. The second-order valence-corrected chi connectivity index (χ2v) is 1.79. The fourth-order valence-electron chi connectivity index (χ4n) is 0.387. The zero-order valence-electron chi connectivity index (χ0n) is 5.49. The lowest BCUT2D eigenvalue weighted by Gasteiger charge is -2.05. The molecule has 0 heterocycles. The Balaban J connectivity index is 3.11. The first kappa shape index (κ1) is 9.19. The van der Waals surface area contributed by atoms with Gasteiger partial charge in [0.25, 0.3) is 0 Å². The second-order valence-electron chi connectivity index (χ2n) is 1.79. The van der Waals surface area contributed by atoms with E-state index in [1.54, 1.807) is 0 Å². The van der Waals surface area contributed by atoms with Gasteiger partial charge in [-0.1, -0.05) is 0 Å². The molecule has 0 unspecified atom stereocenters. The lowest BCUT2D eigenvalue weighted by Crippen LogP contribution is -2.19. The van der Waals surface area contributed by atoms with Crippen molar-refractivity contribution < 1.29 is 19.7 Å². The number of hydrogen-bond donors (Lipinski definition) is 3. The molecule has 0 aromatic carbocycles. The van der Waals surface area contributed by atoms with E-state index >= 15 is 0 Å². The third-order valence-electron chi connectivity index (χ3n) is 0.906. The molecule has 0 rings (SSSR count). The smallest absolute Gasteiger partial charge is 0.404 e. The molecule has 0 saturated heterocycles. The van der Waals surface area contributed by atoms with E-state index in [-0.39, 0.29) is 19.6 Å². The first-order valence-corrected chi connectivity index (χ1v) is 2.88. The zero-order chi connectivity index (χ0) is 7.98. The van der Waals surface area contributed by atoms with Gasteiger partial charge in [0.2, 0.25) is 0 Å². The number of carbonyl (C=O) groups excluding carboxylic acids is 1. The Kier molecular flexibility index (Phi) is 4.61. The van der Waals surface area contributed by atoms with Crippen LogP contribution in [0.5, 0.6) is 0 Å². The van der Waals surface area contributed by atoms with E-state index in [0.717, 1.165) is 0 Å². The Hall–Kier alpha value is -0.810. The Morgan fingerprint density at radius 2 is 2.30 bits per heavy atom. The van der Waals surface area contributed by atoms with Crippen LogP contribution in [0.4, 0.5) is 4.79 Å². The topological polar surface area (TPSA) is 92.8 Å². The number of carbonyl (C=O) groups is 1. The summed E-state index contributed by atoms with van der Waals surface area (Å²) in [6, 6.07) is 0. The van der Waals surface area contributed by atoms with Gasteiger partial charge in [0.15, 0.2) is 0 Å². The summed E-state index contributed by atoms with van der Waals surface area (Å²) in [4.78, 5) is 9.92. The fraction of sp³-hybridized carbons (Fsp3) is 0.800. The molecule has 0 bridgehead atoms. The van der Waals surface area contributed by atoms with Gasteiger partial charge in [-0.05, 0) is 0 Å². The van der Waals surface area contributed by atoms with Gasteiger partial charge >= 0.3 is 6.09 Å². The number of amides is 1.